The summed E-state index contributed by atoms with van der Waals surface area (Å²) in [5, 5.41) is 16.1. The first-order valence-electron chi connectivity index (χ1n) is 13.2. The van der Waals surface area contributed by atoms with E-state index in [0.29, 0.717) is 34.4 Å². The SMILES string of the molecule is CC(C)(C)OC(=O)COc1nc(N2CC3CCC(C2)N3)c2ccc(-c3cc(O)cc4ccccc34)c(F)c2n1. The van der Waals surface area contributed by atoms with E-state index in [1.807, 2.05) is 30.3 Å². The molecule has 0 amide bonds. The first-order chi connectivity index (χ1) is 18.6. The fourth-order valence-corrected chi connectivity index (χ4v) is 5.62. The van der Waals surface area contributed by atoms with Crippen molar-refractivity contribution in [2.75, 3.05) is 24.6 Å². The lowest BCUT2D eigenvalue weighted by molar-refractivity contribution is -0.157. The average Bonchev–Trinajstić information content (AvgIpc) is 3.23. The first kappa shape index (κ1) is 25.3. The minimum atomic E-state index is -0.666. The molecule has 0 spiro atoms. The van der Waals surface area contributed by atoms with E-state index < -0.39 is 24.0 Å². The third-order valence-electron chi connectivity index (χ3n) is 7.16. The van der Waals surface area contributed by atoms with Crippen molar-refractivity contribution in [1.82, 2.24) is 15.3 Å². The molecule has 202 valence electrons. The predicted molar refractivity (Wildman–Crippen MR) is 148 cm³/mol. The smallest absolute Gasteiger partial charge is 0.344 e. The van der Waals surface area contributed by atoms with E-state index in [2.05, 4.69) is 20.2 Å². The number of rotatable bonds is 5. The number of fused-ring (bicyclic) bond motifs is 4. The summed E-state index contributed by atoms with van der Waals surface area (Å²) in [5.74, 6) is -0.492. The van der Waals surface area contributed by atoms with Crippen LogP contribution in [-0.2, 0) is 9.53 Å². The van der Waals surface area contributed by atoms with Crippen molar-refractivity contribution in [1.29, 1.82) is 0 Å². The Balaban J connectivity index is 1.46. The molecule has 2 unspecified atom stereocenters. The van der Waals surface area contributed by atoms with Gasteiger partial charge in [-0.15, -0.1) is 0 Å². The number of benzene rings is 3. The van der Waals surface area contributed by atoms with Gasteiger partial charge >= 0.3 is 12.0 Å². The summed E-state index contributed by atoms with van der Waals surface area (Å²) in [6.07, 6.45) is 2.16. The Labute approximate surface area is 225 Å². The summed E-state index contributed by atoms with van der Waals surface area (Å²) < 4.78 is 27.4. The summed E-state index contributed by atoms with van der Waals surface area (Å²) in [6.45, 7) is 6.39. The maximum Gasteiger partial charge on any atom is 0.344 e. The molecule has 2 bridgehead atoms. The van der Waals surface area contributed by atoms with Crippen molar-refractivity contribution in [3.63, 3.8) is 0 Å². The van der Waals surface area contributed by atoms with Gasteiger partial charge in [0.05, 0.1) is 0 Å². The third kappa shape index (κ3) is 5.06. The van der Waals surface area contributed by atoms with Crippen LogP contribution in [0.5, 0.6) is 11.8 Å². The molecule has 6 rings (SSSR count). The van der Waals surface area contributed by atoms with Gasteiger partial charge in [-0.1, -0.05) is 30.3 Å². The van der Waals surface area contributed by atoms with Crippen LogP contribution in [0, 0.1) is 5.82 Å². The van der Waals surface area contributed by atoms with Crippen LogP contribution >= 0.6 is 0 Å². The zero-order valence-electron chi connectivity index (χ0n) is 22.2. The van der Waals surface area contributed by atoms with Crippen LogP contribution in [0.1, 0.15) is 33.6 Å². The van der Waals surface area contributed by atoms with Gasteiger partial charge in [0.15, 0.2) is 12.4 Å². The fraction of sp³-hybridized carbons (Fsp3) is 0.367. The van der Waals surface area contributed by atoms with Crippen LogP contribution < -0.4 is 15.0 Å². The number of esters is 1. The molecule has 8 nitrogen and oxygen atoms in total. The monoisotopic (exact) mass is 530 g/mol. The molecule has 39 heavy (non-hydrogen) atoms. The van der Waals surface area contributed by atoms with Crippen LogP contribution in [0.4, 0.5) is 10.2 Å². The standard InChI is InChI=1S/C30H31FN4O4/c1-30(2,3)39-25(37)16-38-29-33-27-23(28(34-29)35-14-18-8-9-19(15-35)32-18)11-10-22(26(27)31)24-13-20(36)12-17-6-4-5-7-21(17)24/h4-7,10-13,18-19,32,36H,8-9,14-16H2,1-3H3. The van der Waals surface area contributed by atoms with Gasteiger partial charge < -0.3 is 24.8 Å². The van der Waals surface area contributed by atoms with Gasteiger partial charge in [0.1, 0.15) is 22.7 Å². The maximum absolute atomic E-state index is 16.4. The van der Waals surface area contributed by atoms with Crippen molar-refractivity contribution < 1.29 is 23.8 Å². The van der Waals surface area contributed by atoms with E-state index in [4.69, 9.17) is 9.47 Å². The lowest BCUT2D eigenvalue weighted by atomic mass is 9.96. The summed E-state index contributed by atoms with van der Waals surface area (Å²) in [6, 6.07) is 14.8. The fourth-order valence-electron chi connectivity index (χ4n) is 5.62. The predicted octanol–water partition coefficient (Wildman–Crippen LogP) is 4.96. The highest BCUT2D eigenvalue weighted by molar-refractivity contribution is 6.01. The van der Waals surface area contributed by atoms with Gasteiger partial charge in [-0.2, -0.15) is 9.97 Å². The highest BCUT2D eigenvalue weighted by atomic mass is 19.1. The molecule has 2 aliphatic heterocycles. The Morgan fingerprint density at radius 2 is 1.79 bits per heavy atom. The number of phenols is 1. The Morgan fingerprint density at radius 3 is 2.54 bits per heavy atom. The number of nitrogens with one attached hydrogen (secondary N) is 1. The normalized spacial score (nSPS) is 19.0. The number of piperazine rings is 1. The number of nitrogens with zero attached hydrogens (tertiary/aromatic N) is 3. The van der Waals surface area contributed by atoms with Gasteiger partial charge in [-0.25, -0.2) is 9.18 Å². The minimum Gasteiger partial charge on any atom is -0.508 e. The van der Waals surface area contributed by atoms with Crippen LogP contribution in [0.15, 0.2) is 48.5 Å². The molecule has 2 fully saturated rings. The molecular weight excluding hydrogens is 499 g/mol. The number of phenolic OH excluding ortho intramolecular Hbond substituents is 1. The van der Waals surface area contributed by atoms with Gasteiger partial charge in [0.2, 0.25) is 0 Å². The van der Waals surface area contributed by atoms with E-state index >= 15 is 4.39 Å². The number of anilines is 1. The Morgan fingerprint density at radius 1 is 1.05 bits per heavy atom. The van der Waals surface area contributed by atoms with E-state index in [1.54, 1.807) is 39.0 Å². The number of hydrogen-bond donors (Lipinski definition) is 2. The highest BCUT2D eigenvalue weighted by Crippen LogP contribution is 2.38. The summed E-state index contributed by atoms with van der Waals surface area (Å²) in [7, 11) is 0. The van der Waals surface area contributed by atoms with Crippen molar-refractivity contribution >= 4 is 33.5 Å². The van der Waals surface area contributed by atoms with Crippen molar-refractivity contribution in [3.05, 3.63) is 54.3 Å². The highest BCUT2D eigenvalue weighted by Gasteiger charge is 2.34. The molecule has 2 aliphatic rings. The summed E-state index contributed by atoms with van der Waals surface area (Å²) in [4.78, 5) is 23.5. The number of aromatic hydroxyl groups is 1. The van der Waals surface area contributed by atoms with Crippen molar-refractivity contribution in [2.45, 2.75) is 51.3 Å². The van der Waals surface area contributed by atoms with Gasteiger partial charge in [0, 0.05) is 36.1 Å². The topological polar surface area (TPSA) is 96.8 Å². The van der Waals surface area contributed by atoms with Crippen LogP contribution in [-0.4, -0.2) is 58.4 Å². The minimum absolute atomic E-state index is 0.0456. The van der Waals surface area contributed by atoms with Gasteiger partial charge in [-0.05, 0) is 68.1 Å². The zero-order chi connectivity index (χ0) is 27.3. The quantitative estimate of drug-likeness (QED) is 0.350. The zero-order valence-corrected chi connectivity index (χ0v) is 22.2. The number of carbonyl (C=O) groups excluding carboxylic acids is 1. The first-order valence-corrected chi connectivity index (χ1v) is 13.2. The Hall–Kier alpha value is -3.98. The molecule has 2 N–H and O–H groups in total. The maximum atomic E-state index is 16.4. The van der Waals surface area contributed by atoms with Crippen LogP contribution in [0.2, 0.25) is 0 Å². The molecule has 0 radical (unpaired) electrons. The molecule has 3 aromatic carbocycles. The van der Waals surface area contributed by atoms with Crippen molar-refractivity contribution in [2.24, 2.45) is 0 Å². The number of aromatic nitrogens is 2. The average molecular weight is 531 g/mol. The van der Waals surface area contributed by atoms with Gasteiger partial charge in [0.25, 0.3) is 0 Å². The Kier molecular flexibility index (Phi) is 6.26. The number of hydrogen-bond acceptors (Lipinski definition) is 8. The number of ether oxygens (including phenoxy) is 2. The molecule has 1 aromatic heterocycles. The second-order valence-corrected chi connectivity index (χ2v) is 11.3. The lowest BCUT2D eigenvalue weighted by Crippen LogP contribution is -2.51. The Bertz CT molecular complexity index is 1570. The van der Waals surface area contributed by atoms with E-state index in [-0.39, 0.29) is 17.3 Å². The van der Waals surface area contributed by atoms with E-state index in [9.17, 15) is 9.90 Å². The summed E-state index contributed by atoms with van der Waals surface area (Å²) in [5.41, 5.74) is 0.287. The van der Waals surface area contributed by atoms with E-state index in [0.717, 1.165) is 36.7 Å². The van der Waals surface area contributed by atoms with Crippen LogP contribution in [0.3, 0.4) is 0 Å². The molecular formula is C30H31FN4O4. The molecule has 0 aliphatic carbocycles. The third-order valence-corrected chi connectivity index (χ3v) is 7.16. The van der Waals surface area contributed by atoms with Crippen LogP contribution in [0.25, 0.3) is 32.8 Å². The molecule has 2 atom stereocenters. The second kappa shape index (κ2) is 9.64. The molecule has 3 heterocycles. The largest absolute Gasteiger partial charge is 0.508 e. The molecule has 4 aromatic rings. The van der Waals surface area contributed by atoms with Gasteiger partial charge in [-0.3, -0.25) is 0 Å². The second-order valence-electron chi connectivity index (χ2n) is 11.3. The molecule has 0 saturated carbocycles. The summed E-state index contributed by atoms with van der Waals surface area (Å²) >= 11 is 0. The number of halogens is 1. The lowest BCUT2D eigenvalue weighted by Gasteiger charge is -2.34. The molecule has 9 heteroatoms. The molecule has 2 saturated heterocycles. The van der Waals surface area contributed by atoms with Crippen molar-refractivity contribution in [3.8, 4) is 22.9 Å². The number of carbonyl (C=O) groups is 1. The van der Waals surface area contributed by atoms with E-state index in [1.165, 1.54) is 0 Å².